The Kier molecular flexibility index (Phi) is 9.15. The van der Waals surface area contributed by atoms with Gasteiger partial charge in [0, 0.05) is 30.6 Å². The van der Waals surface area contributed by atoms with Crippen molar-refractivity contribution in [2.24, 2.45) is 0 Å². The molecule has 0 saturated carbocycles. The minimum Gasteiger partial charge on any atom is -0.444 e. The van der Waals surface area contributed by atoms with Crippen molar-refractivity contribution in [1.82, 2.24) is 10.6 Å². The highest BCUT2D eigenvalue weighted by Crippen LogP contribution is 2.11. The van der Waals surface area contributed by atoms with Gasteiger partial charge in [-0.3, -0.25) is 14.4 Å². The predicted molar refractivity (Wildman–Crippen MR) is 126 cm³/mol. The number of hydrogen-bond donors (Lipinski definition) is 3. The third kappa shape index (κ3) is 9.99. The number of alkyl carbamates (subject to hydrolysis) is 1. The fourth-order valence-corrected chi connectivity index (χ4v) is 2.83. The molecular weight excluding hydrogens is 422 g/mol. The fraction of sp³-hybridized carbons (Fsp3) is 0.360. The summed E-state index contributed by atoms with van der Waals surface area (Å²) in [6, 6.07) is 14.3. The lowest BCUT2D eigenvalue weighted by atomic mass is 10.0. The summed E-state index contributed by atoms with van der Waals surface area (Å²) in [7, 11) is 0. The Balaban J connectivity index is 1.75. The van der Waals surface area contributed by atoms with Gasteiger partial charge in [-0.25, -0.2) is 4.79 Å². The van der Waals surface area contributed by atoms with Crippen molar-refractivity contribution in [1.29, 1.82) is 0 Å². The molecule has 8 nitrogen and oxygen atoms in total. The Morgan fingerprint density at radius 2 is 1.58 bits per heavy atom. The van der Waals surface area contributed by atoms with E-state index in [1.165, 1.54) is 0 Å². The van der Waals surface area contributed by atoms with E-state index >= 15 is 0 Å². The Labute approximate surface area is 194 Å². The number of nitrogens with one attached hydrogen (secondary N) is 3. The highest BCUT2D eigenvalue weighted by atomic mass is 16.6. The molecule has 0 unspecified atom stereocenters. The summed E-state index contributed by atoms with van der Waals surface area (Å²) in [4.78, 5) is 48.0. The van der Waals surface area contributed by atoms with Gasteiger partial charge in [0.1, 0.15) is 12.1 Å². The standard InChI is InChI=1S/C25H31N3O5/c1-17-8-10-19(11-9-17)21(29)12-13-22(30)26-15-18-6-5-7-20(14-18)28-23(31)16-27-24(32)33-25(2,3)4/h5-11,14H,12-13,15-16H2,1-4H3,(H,26,30)(H,27,32)(H,28,31). The monoisotopic (exact) mass is 453 g/mol. The molecular formula is C25H31N3O5. The number of aryl methyl sites for hydroxylation is 1. The van der Waals surface area contributed by atoms with Gasteiger partial charge in [0.05, 0.1) is 0 Å². The number of hydrogen-bond acceptors (Lipinski definition) is 5. The van der Waals surface area contributed by atoms with E-state index < -0.39 is 17.6 Å². The molecule has 0 aliphatic heterocycles. The van der Waals surface area contributed by atoms with Crippen LogP contribution >= 0.6 is 0 Å². The van der Waals surface area contributed by atoms with Gasteiger partial charge in [0.2, 0.25) is 11.8 Å². The van der Waals surface area contributed by atoms with E-state index in [2.05, 4.69) is 16.0 Å². The van der Waals surface area contributed by atoms with Crippen LogP contribution in [0.1, 0.15) is 55.1 Å². The minimum absolute atomic E-state index is 0.0742. The number of ether oxygens (including phenoxy) is 1. The molecule has 176 valence electrons. The van der Waals surface area contributed by atoms with Crippen molar-refractivity contribution >= 4 is 29.4 Å². The molecule has 33 heavy (non-hydrogen) atoms. The maximum atomic E-state index is 12.2. The summed E-state index contributed by atoms with van der Waals surface area (Å²) < 4.78 is 5.08. The van der Waals surface area contributed by atoms with Gasteiger partial charge in [-0.15, -0.1) is 0 Å². The Hall–Kier alpha value is -3.68. The van der Waals surface area contributed by atoms with Crippen LogP contribution in [0.25, 0.3) is 0 Å². The van der Waals surface area contributed by atoms with Gasteiger partial charge in [0.25, 0.3) is 0 Å². The summed E-state index contributed by atoms with van der Waals surface area (Å²) in [6.45, 7) is 7.18. The summed E-state index contributed by atoms with van der Waals surface area (Å²) >= 11 is 0. The summed E-state index contributed by atoms with van der Waals surface area (Å²) in [6.07, 6.45) is -0.440. The van der Waals surface area contributed by atoms with Crippen LogP contribution in [0.2, 0.25) is 0 Å². The van der Waals surface area contributed by atoms with Crippen LogP contribution in [0.5, 0.6) is 0 Å². The first-order valence-corrected chi connectivity index (χ1v) is 10.7. The zero-order chi connectivity index (χ0) is 24.4. The second-order valence-corrected chi connectivity index (χ2v) is 8.67. The zero-order valence-electron chi connectivity index (χ0n) is 19.5. The normalized spacial score (nSPS) is 10.8. The third-order valence-electron chi connectivity index (χ3n) is 4.45. The molecule has 0 radical (unpaired) electrons. The summed E-state index contributed by atoms with van der Waals surface area (Å²) in [5, 5.41) is 7.86. The van der Waals surface area contributed by atoms with Gasteiger partial charge >= 0.3 is 6.09 Å². The number of Topliss-reactive ketones (excluding diaryl/α,β-unsaturated/α-hetero) is 1. The first-order chi connectivity index (χ1) is 15.5. The molecule has 0 aliphatic rings. The second-order valence-electron chi connectivity index (χ2n) is 8.67. The molecule has 8 heteroatoms. The van der Waals surface area contributed by atoms with Gasteiger partial charge in [0.15, 0.2) is 5.78 Å². The Morgan fingerprint density at radius 3 is 2.24 bits per heavy atom. The highest BCUT2D eigenvalue weighted by Gasteiger charge is 2.16. The highest BCUT2D eigenvalue weighted by molar-refractivity contribution is 5.98. The van der Waals surface area contributed by atoms with E-state index in [9.17, 15) is 19.2 Å². The van der Waals surface area contributed by atoms with Crippen LogP contribution in [0.4, 0.5) is 10.5 Å². The number of amides is 3. The SMILES string of the molecule is Cc1ccc(C(=O)CCC(=O)NCc2cccc(NC(=O)CNC(=O)OC(C)(C)C)c2)cc1. The Morgan fingerprint density at radius 1 is 0.879 bits per heavy atom. The lowest BCUT2D eigenvalue weighted by Gasteiger charge is -2.19. The third-order valence-corrected chi connectivity index (χ3v) is 4.45. The topological polar surface area (TPSA) is 114 Å². The summed E-state index contributed by atoms with van der Waals surface area (Å²) in [5.41, 5.74) is 2.34. The average Bonchev–Trinajstić information content (AvgIpc) is 2.74. The van der Waals surface area contributed by atoms with Gasteiger partial charge in [-0.1, -0.05) is 42.0 Å². The van der Waals surface area contributed by atoms with Gasteiger partial charge < -0.3 is 20.7 Å². The van der Waals surface area contributed by atoms with E-state index in [-0.39, 0.29) is 37.6 Å². The molecule has 0 aromatic heterocycles. The van der Waals surface area contributed by atoms with Crippen molar-refractivity contribution in [3.8, 4) is 0 Å². The maximum absolute atomic E-state index is 12.2. The van der Waals surface area contributed by atoms with E-state index in [1.54, 1.807) is 51.1 Å². The summed E-state index contributed by atoms with van der Waals surface area (Å²) in [5.74, 6) is -0.710. The van der Waals surface area contributed by atoms with Crippen LogP contribution in [0.3, 0.4) is 0 Å². The number of anilines is 1. The molecule has 2 aromatic rings. The van der Waals surface area contributed by atoms with Crippen molar-refractivity contribution in [2.45, 2.75) is 52.7 Å². The smallest absolute Gasteiger partial charge is 0.408 e. The predicted octanol–water partition coefficient (Wildman–Crippen LogP) is 3.74. The second kappa shape index (κ2) is 11.8. The van der Waals surface area contributed by atoms with Crippen molar-refractivity contribution in [3.05, 3.63) is 65.2 Å². The first kappa shape index (κ1) is 25.6. The number of carbonyl (C=O) groups is 4. The number of benzene rings is 2. The average molecular weight is 454 g/mol. The van der Waals surface area contributed by atoms with E-state index in [1.807, 2.05) is 25.1 Å². The van der Waals surface area contributed by atoms with Crippen molar-refractivity contribution in [3.63, 3.8) is 0 Å². The fourth-order valence-electron chi connectivity index (χ4n) is 2.83. The van der Waals surface area contributed by atoms with E-state index in [4.69, 9.17) is 4.74 Å². The van der Waals surface area contributed by atoms with Crippen LogP contribution in [0.15, 0.2) is 48.5 Å². The van der Waals surface area contributed by atoms with E-state index in [0.29, 0.717) is 11.3 Å². The molecule has 0 heterocycles. The molecule has 0 atom stereocenters. The lowest BCUT2D eigenvalue weighted by Crippen LogP contribution is -2.37. The molecule has 0 aliphatic carbocycles. The number of rotatable bonds is 9. The van der Waals surface area contributed by atoms with Gasteiger partial charge in [-0.2, -0.15) is 0 Å². The van der Waals surface area contributed by atoms with Crippen molar-refractivity contribution in [2.75, 3.05) is 11.9 Å². The van der Waals surface area contributed by atoms with Crippen LogP contribution in [0, 0.1) is 6.92 Å². The molecule has 0 bridgehead atoms. The molecule has 2 rings (SSSR count). The number of ketones is 1. The van der Waals surface area contributed by atoms with E-state index in [0.717, 1.165) is 11.1 Å². The molecule has 2 aromatic carbocycles. The quantitative estimate of drug-likeness (QED) is 0.501. The molecule has 3 N–H and O–H groups in total. The zero-order valence-corrected chi connectivity index (χ0v) is 19.5. The van der Waals surface area contributed by atoms with Crippen molar-refractivity contribution < 1.29 is 23.9 Å². The molecule has 3 amide bonds. The molecule has 0 spiro atoms. The largest absolute Gasteiger partial charge is 0.444 e. The molecule has 0 saturated heterocycles. The first-order valence-electron chi connectivity index (χ1n) is 10.7. The minimum atomic E-state index is -0.671. The van der Waals surface area contributed by atoms with Crippen LogP contribution in [-0.2, 0) is 20.9 Å². The lowest BCUT2D eigenvalue weighted by molar-refractivity contribution is -0.121. The molecule has 0 fully saturated rings. The van der Waals surface area contributed by atoms with Crippen LogP contribution in [-0.4, -0.2) is 35.8 Å². The Bertz CT molecular complexity index is 994. The van der Waals surface area contributed by atoms with Crippen LogP contribution < -0.4 is 16.0 Å². The van der Waals surface area contributed by atoms with Gasteiger partial charge in [-0.05, 0) is 45.4 Å². The maximum Gasteiger partial charge on any atom is 0.408 e. The number of carbonyl (C=O) groups excluding carboxylic acids is 4.